The van der Waals surface area contributed by atoms with Gasteiger partial charge < -0.3 is 14.9 Å². The molecule has 2 N–H and O–H groups in total. The van der Waals surface area contributed by atoms with E-state index >= 15 is 0 Å². The standard InChI is InChI=1S/2C15H24O.C4H8O2/c2*1-10-8-11(14(2,3)4)9-12(13(10)16)15(5,6)7;1-3-6-4(2)5/h2*8-9,16H,1-7H3;3H2,1-2H3. The summed E-state index contributed by atoms with van der Waals surface area (Å²) in [7, 11) is 0. The molecule has 2 aromatic rings. The van der Waals surface area contributed by atoms with E-state index in [0.717, 1.165) is 22.3 Å². The average molecular weight is 529 g/mol. The minimum atomic E-state index is -0.211. The highest BCUT2D eigenvalue weighted by molar-refractivity contribution is 5.65. The molecule has 0 fully saturated rings. The van der Waals surface area contributed by atoms with Crippen LogP contribution in [-0.2, 0) is 31.2 Å². The number of benzene rings is 2. The molecule has 38 heavy (non-hydrogen) atoms. The van der Waals surface area contributed by atoms with E-state index in [1.165, 1.54) is 18.1 Å². The highest BCUT2D eigenvalue weighted by Crippen LogP contribution is 2.38. The molecule has 2 rings (SSSR count). The van der Waals surface area contributed by atoms with Crippen LogP contribution in [0, 0.1) is 13.8 Å². The largest absolute Gasteiger partial charge is 0.507 e. The zero-order valence-electron chi connectivity index (χ0n) is 27.2. The summed E-state index contributed by atoms with van der Waals surface area (Å²) in [6.07, 6.45) is 0. The first kappa shape index (κ1) is 35.5. The third kappa shape index (κ3) is 11.1. The lowest BCUT2D eigenvalue weighted by Gasteiger charge is -2.27. The number of phenolic OH excluding ortho intramolecular Hbond substituents is 2. The van der Waals surface area contributed by atoms with Crippen LogP contribution in [-0.4, -0.2) is 22.8 Å². The molecule has 0 aliphatic heterocycles. The summed E-state index contributed by atoms with van der Waals surface area (Å²) in [6.45, 7) is 33.6. The summed E-state index contributed by atoms with van der Waals surface area (Å²) >= 11 is 0. The van der Waals surface area contributed by atoms with Gasteiger partial charge in [-0.25, -0.2) is 0 Å². The van der Waals surface area contributed by atoms with Crippen molar-refractivity contribution in [1.29, 1.82) is 0 Å². The number of rotatable bonds is 1. The van der Waals surface area contributed by atoms with E-state index in [4.69, 9.17) is 0 Å². The maximum Gasteiger partial charge on any atom is 0.302 e. The van der Waals surface area contributed by atoms with Gasteiger partial charge in [-0.15, -0.1) is 0 Å². The van der Waals surface area contributed by atoms with E-state index in [1.807, 2.05) is 13.8 Å². The highest BCUT2D eigenvalue weighted by atomic mass is 16.5. The van der Waals surface area contributed by atoms with Gasteiger partial charge in [0.25, 0.3) is 0 Å². The third-order valence-corrected chi connectivity index (χ3v) is 6.30. The first-order valence-corrected chi connectivity index (χ1v) is 13.7. The summed E-state index contributed by atoms with van der Waals surface area (Å²) in [5.74, 6) is 0.679. The Hall–Kier alpha value is -2.49. The van der Waals surface area contributed by atoms with Crippen LogP contribution in [0.1, 0.15) is 130 Å². The van der Waals surface area contributed by atoms with E-state index in [1.54, 1.807) is 6.92 Å². The number of phenols is 2. The van der Waals surface area contributed by atoms with Crippen LogP contribution in [0.5, 0.6) is 11.5 Å². The summed E-state index contributed by atoms with van der Waals surface area (Å²) in [6, 6.07) is 8.46. The van der Waals surface area contributed by atoms with Crippen molar-refractivity contribution in [3.63, 3.8) is 0 Å². The Kier molecular flexibility index (Phi) is 12.2. The zero-order chi connectivity index (χ0) is 30.4. The minimum Gasteiger partial charge on any atom is -0.507 e. The van der Waals surface area contributed by atoms with Crippen LogP contribution in [0.15, 0.2) is 24.3 Å². The van der Waals surface area contributed by atoms with Gasteiger partial charge in [-0.05, 0) is 75.8 Å². The number of esters is 1. The molecule has 0 aliphatic carbocycles. The van der Waals surface area contributed by atoms with Crippen LogP contribution in [0.3, 0.4) is 0 Å². The second-order valence-electron chi connectivity index (χ2n) is 14.3. The molecule has 0 atom stereocenters. The number of aryl methyl sites for hydroxylation is 2. The van der Waals surface area contributed by atoms with Crippen molar-refractivity contribution in [2.75, 3.05) is 6.61 Å². The van der Waals surface area contributed by atoms with E-state index in [0.29, 0.717) is 18.1 Å². The predicted octanol–water partition coefficient (Wildman–Crippen LogP) is 9.16. The van der Waals surface area contributed by atoms with Gasteiger partial charge in [0, 0.05) is 6.92 Å². The van der Waals surface area contributed by atoms with Crippen LogP contribution in [0.4, 0.5) is 0 Å². The minimum absolute atomic E-state index is 0.0178. The molecule has 0 heterocycles. The quantitative estimate of drug-likeness (QED) is 0.362. The summed E-state index contributed by atoms with van der Waals surface area (Å²) in [4.78, 5) is 9.82. The predicted molar refractivity (Wildman–Crippen MR) is 163 cm³/mol. The Labute approximate surface area is 233 Å². The zero-order valence-corrected chi connectivity index (χ0v) is 27.2. The topological polar surface area (TPSA) is 66.8 Å². The maximum absolute atomic E-state index is 10.1. The van der Waals surface area contributed by atoms with E-state index < -0.39 is 0 Å². The molecule has 0 radical (unpaired) electrons. The van der Waals surface area contributed by atoms with Gasteiger partial charge in [0.1, 0.15) is 11.5 Å². The molecule has 0 aromatic heterocycles. The summed E-state index contributed by atoms with van der Waals surface area (Å²) in [5.41, 5.74) is 6.80. The van der Waals surface area contributed by atoms with Gasteiger partial charge in [0.15, 0.2) is 0 Å². The van der Waals surface area contributed by atoms with Crippen molar-refractivity contribution in [2.45, 2.75) is 132 Å². The van der Waals surface area contributed by atoms with Crippen molar-refractivity contribution in [3.8, 4) is 11.5 Å². The van der Waals surface area contributed by atoms with Crippen molar-refractivity contribution in [3.05, 3.63) is 57.6 Å². The molecular formula is C34H56O4. The lowest BCUT2D eigenvalue weighted by molar-refractivity contribution is -0.140. The number of aromatic hydroxyl groups is 2. The Morgan fingerprint density at radius 3 is 1.08 bits per heavy atom. The fraction of sp³-hybridized carbons (Fsp3) is 0.618. The Bertz CT molecular complexity index is 987. The number of carbonyl (C=O) groups is 1. The fourth-order valence-electron chi connectivity index (χ4n) is 3.77. The van der Waals surface area contributed by atoms with E-state index in [9.17, 15) is 15.0 Å². The van der Waals surface area contributed by atoms with Crippen molar-refractivity contribution >= 4 is 5.97 Å². The van der Waals surface area contributed by atoms with Crippen LogP contribution in [0.2, 0.25) is 0 Å². The SMILES string of the molecule is CCOC(C)=O.Cc1cc(C(C)(C)C)cc(C(C)(C)C)c1O.Cc1cc(C(C)(C)C)cc(C(C)(C)C)c1O. The van der Waals surface area contributed by atoms with Crippen LogP contribution in [0.25, 0.3) is 0 Å². The lowest BCUT2D eigenvalue weighted by Crippen LogP contribution is -2.17. The molecule has 0 spiro atoms. The molecule has 0 bridgehead atoms. The molecule has 216 valence electrons. The fourth-order valence-corrected chi connectivity index (χ4v) is 3.77. The van der Waals surface area contributed by atoms with Gasteiger partial charge in [-0.2, -0.15) is 0 Å². The van der Waals surface area contributed by atoms with E-state index in [-0.39, 0.29) is 27.6 Å². The Morgan fingerprint density at radius 2 is 0.921 bits per heavy atom. The number of ether oxygens (including phenoxy) is 1. The average Bonchev–Trinajstić information content (AvgIpc) is 2.69. The smallest absolute Gasteiger partial charge is 0.302 e. The number of carbonyl (C=O) groups excluding carboxylic acids is 1. The van der Waals surface area contributed by atoms with Crippen molar-refractivity contribution in [2.24, 2.45) is 0 Å². The first-order chi connectivity index (χ1) is 16.8. The molecule has 0 saturated carbocycles. The molecule has 0 saturated heterocycles. The van der Waals surface area contributed by atoms with Gasteiger partial charge in [0.2, 0.25) is 0 Å². The van der Waals surface area contributed by atoms with Gasteiger partial charge in [-0.1, -0.05) is 107 Å². The lowest BCUT2D eigenvalue weighted by atomic mass is 9.79. The Morgan fingerprint density at radius 1 is 0.632 bits per heavy atom. The Balaban J connectivity index is 0.000000596. The summed E-state index contributed by atoms with van der Waals surface area (Å²) < 4.78 is 4.40. The van der Waals surface area contributed by atoms with E-state index in [2.05, 4.69) is 112 Å². The van der Waals surface area contributed by atoms with Crippen LogP contribution < -0.4 is 0 Å². The normalized spacial score (nSPS) is 12.1. The second-order valence-corrected chi connectivity index (χ2v) is 14.3. The van der Waals surface area contributed by atoms with Crippen LogP contribution >= 0.6 is 0 Å². The monoisotopic (exact) mass is 528 g/mol. The molecular weight excluding hydrogens is 472 g/mol. The molecule has 0 amide bonds. The molecule has 0 aliphatic rings. The molecule has 2 aromatic carbocycles. The van der Waals surface area contributed by atoms with Gasteiger partial charge in [0.05, 0.1) is 6.61 Å². The highest BCUT2D eigenvalue weighted by Gasteiger charge is 2.24. The first-order valence-electron chi connectivity index (χ1n) is 13.7. The number of hydrogen-bond donors (Lipinski definition) is 2. The van der Waals surface area contributed by atoms with Crippen molar-refractivity contribution in [1.82, 2.24) is 0 Å². The maximum atomic E-state index is 10.1. The van der Waals surface area contributed by atoms with Crippen molar-refractivity contribution < 1.29 is 19.7 Å². The molecule has 4 nitrogen and oxygen atoms in total. The third-order valence-electron chi connectivity index (χ3n) is 6.30. The summed E-state index contributed by atoms with van der Waals surface area (Å²) in [5, 5.41) is 20.2. The second kappa shape index (κ2) is 13.0. The van der Waals surface area contributed by atoms with Gasteiger partial charge >= 0.3 is 5.97 Å². The van der Waals surface area contributed by atoms with Gasteiger partial charge in [-0.3, -0.25) is 4.79 Å². The molecule has 0 unspecified atom stereocenters. The molecule has 4 heteroatoms. The number of hydrogen-bond acceptors (Lipinski definition) is 4.